The average Bonchev–Trinajstić information content (AvgIpc) is 2.88. The van der Waals surface area contributed by atoms with Gasteiger partial charge < -0.3 is 4.90 Å². The third kappa shape index (κ3) is 1.81. The molecule has 3 rings (SSSR count). The molecule has 0 N–H and O–H groups in total. The van der Waals surface area contributed by atoms with Crippen LogP contribution in [0.1, 0.15) is 15.9 Å². The molecule has 0 atom stereocenters. The monoisotopic (exact) mass is 259 g/mol. The Morgan fingerprint density at radius 1 is 1.32 bits per heavy atom. The summed E-state index contributed by atoms with van der Waals surface area (Å²) >= 11 is 0. The summed E-state index contributed by atoms with van der Waals surface area (Å²) in [7, 11) is 1.77. The van der Waals surface area contributed by atoms with Crippen molar-refractivity contribution in [3.8, 4) is 0 Å². The minimum Gasteiger partial charge on any atom is -0.300 e. The fourth-order valence-corrected chi connectivity index (χ4v) is 2.17. The molecule has 19 heavy (non-hydrogen) atoms. The first-order valence-electron chi connectivity index (χ1n) is 5.69. The van der Waals surface area contributed by atoms with Crippen molar-refractivity contribution in [1.82, 2.24) is 9.78 Å². The first-order chi connectivity index (χ1) is 9.06. The van der Waals surface area contributed by atoms with Gasteiger partial charge in [0.2, 0.25) is 0 Å². The zero-order valence-corrected chi connectivity index (χ0v) is 10.1. The van der Waals surface area contributed by atoms with Gasteiger partial charge in [0, 0.05) is 18.8 Å². The topological polar surface area (TPSA) is 55.2 Å². The molecule has 6 heteroatoms. The number of hydrogen-bond donors (Lipinski definition) is 0. The van der Waals surface area contributed by atoms with E-state index in [9.17, 15) is 14.0 Å². The number of benzene rings is 1. The molecule has 1 aromatic carbocycles. The zero-order valence-electron chi connectivity index (χ0n) is 10.1. The van der Waals surface area contributed by atoms with E-state index in [-0.39, 0.29) is 12.1 Å². The maximum atomic E-state index is 13.1. The molecule has 5 nitrogen and oxygen atoms in total. The van der Waals surface area contributed by atoms with Crippen LogP contribution in [0, 0.1) is 5.82 Å². The van der Waals surface area contributed by atoms with E-state index >= 15 is 0 Å². The Morgan fingerprint density at radius 2 is 2.11 bits per heavy atom. The molecular formula is C13H10FN3O2. The molecule has 0 aliphatic carbocycles. The van der Waals surface area contributed by atoms with Crippen molar-refractivity contribution in [3.63, 3.8) is 0 Å². The van der Waals surface area contributed by atoms with Gasteiger partial charge in [-0.1, -0.05) is 0 Å². The lowest BCUT2D eigenvalue weighted by atomic mass is 10.1. The van der Waals surface area contributed by atoms with Crippen LogP contribution in [-0.2, 0) is 18.4 Å². The maximum Gasteiger partial charge on any atom is 0.299 e. The van der Waals surface area contributed by atoms with Crippen molar-refractivity contribution < 1.29 is 14.0 Å². The Labute approximate surface area is 108 Å². The Balaban J connectivity index is 1.99. The summed E-state index contributed by atoms with van der Waals surface area (Å²) in [6.07, 6.45) is 3.39. The number of hydrogen-bond acceptors (Lipinski definition) is 3. The first kappa shape index (κ1) is 11.6. The molecular weight excluding hydrogens is 249 g/mol. The summed E-state index contributed by atoms with van der Waals surface area (Å²) in [5.41, 5.74) is 1.37. The van der Waals surface area contributed by atoms with Crippen molar-refractivity contribution in [2.45, 2.75) is 6.54 Å². The Hall–Kier alpha value is -2.50. The Morgan fingerprint density at radius 3 is 2.79 bits per heavy atom. The SMILES string of the molecule is Cn1cc(CN2C(=O)C(=O)c3cc(F)ccc32)cn1. The van der Waals surface area contributed by atoms with Crippen LogP contribution in [0.25, 0.3) is 0 Å². The predicted octanol–water partition coefficient (Wildman–Crippen LogP) is 1.29. The van der Waals surface area contributed by atoms with Gasteiger partial charge >= 0.3 is 0 Å². The highest BCUT2D eigenvalue weighted by atomic mass is 19.1. The number of fused-ring (bicyclic) bond motifs is 1. The van der Waals surface area contributed by atoms with Crippen molar-refractivity contribution in [3.05, 3.63) is 47.5 Å². The van der Waals surface area contributed by atoms with E-state index < -0.39 is 17.5 Å². The zero-order chi connectivity index (χ0) is 13.6. The Bertz CT molecular complexity index is 693. The average molecular weight is 259 g/mol. The summed E-state index contributed by atoms with van der Waals surface area (Å²) in [5, 5.41) is 4.01. The van der Waals surface area contributed by atoms with Crippen LogP contribution in [0.5, 0.6) is 0 Å². The van der Waals surface area contributed by atoms with E-state index in [1.165, 1.54) is 17.0 Å². The summed E-state index contributed by atoms with van der Waals surface area (Å²) in [4.78, 5) is 25.0. The molecule has 1 aliphatic rings. The summed E-state index contributed by atoms with van der Waals surface area (Å²) in [5.74, 6) is -1.83. The van der Waals surface area contributed by atoms with Gasteiger partial charge in [-0.05, 0) is 18.2 Å². The second-order valence-electron chi connectivity index (χ2n) is 4.40. The van der Waals surface area contributed by atoms with Crippen LogP contribution in [0.2, 0.25) is 0 Å². The number of Topliss-reactive ketones (excluding diaryl/α,β-unsaturated/α-hetero) is 1. The Kier molecular flexibility index (Phi) is 2.45. The van der Waals surface area contributed by atoms with E-state index in [0.29, 0.717) is 5.69 Å². The second kappa shape index (κ2) is 4.01. The molecule has 1 aromatic heterocycles. The molecule has 0 spiro atoms. The lowest BCUT2D eigenvalue weighted by Crippen LogP contribution is -2.28. The van der Waals surface area contributed by atoms with Crippen LogP contribution in [0.15, 0.2) is 30.6 Å². The highest BCUT2D eigenvalue weighted by Crippen LogP contribution is 2.30. The minimum absolute atomic E-state index is 0.119. The smallest absolute Gasteiger partial charge is 0.299 e. The maximum absolute atomic E-state index is 13.1. The summed E-state index contributed by atoms with van der Waals surface area (Å²) in [6, 6.07) is 3.78. The molecule has 0 saturated carbocycles. The number of aryl methyl sites for hydroxylation is 1. The number of nitrogens with zero attached hydrogens (tertiary/aromatic N) is 3. The fraction of sp³-hybridized carbons (Fsp3) is 0.154. The van der Waals surface area contributed by atoms with Crippen molar-refractivity contribution in [2.24, 2.45) is 7.05 Å². The molecule has 2 aromatic rings. The molecule has 1 amide bonds. The van der Waals surface area contributed by atoms with E-state index in [0.717, 1.165) is 11.6 Å². The van der Waals surface area contributed by atoms with Gasteiger partial charge in [-0.2, -0.15) is 5.10 Å². The molecule has 0 bridgehead atoms. The third-order valence-electron chi connectivity index (χ3n) is 3.03. The van der Waals surface area contributed by atoms with Gasteiger partial charge in [-0.15, -0.1) is 0 Å². The summed E-state index contributed by atoms with van der Waals surface area (Å²) in [6.45, 7) is 0.247. The van der Waals surface area contributed by atoms with Crippen molar-refractivity contribution in [1.29, 1.82) is 0 Å². The van der Waals surface area contributed by atoms with Gasteiger partial charge in [-0.25, -0.2) is 4.39 Å². The van der Waals surface area contributed by atoms with Gasteiger partial charge in [0.15, 0.2) is 0 Å². The number of aromatic nitrogens is 2. The highest BCUT2D eigenvalue weighted by molar-refractivity contribution is 6.52. The molecule has 2 heterocycles. The number of ketones is 1. The van der Waals surface area contributed by atoms with Crippen LogP contribution in [0.4, 0.5) is 10.1 Å². The third-order valence-corrected chi connectivity index (χ3v) is 3.03. The fourth-order valence-electron chi connectivity index (χ4n) is 2.17. The number of halogens is 1. The molecule has 1 aliphatic heterocycles. The molecule has 0 unspecified atom stereocenters. The number of amides is 1. The standard InChI is InChI=1S/C13H10FN3O2/c1-16-6-8(5-15-16)7-17-11-3-2-9(14)4-10(11)12(18)13(17)19/h2-6H,7H2,1H3. The van der Waals surface area contributed by atoms with Crippen molar-refractivity contribution in [2.75, 3.05) is 4.90 Å². The first-order valence-corrected chi connectivity index (χ1v) is 5.69. The lowest BCUT2D eigenvalue weighted by molar-refractivity contribution is -0.114. The molecule has 0 saturated heterocycles. The second-order valence-corrected chi connectivity index (χ2v) is 4.40. The molecule has 0 fully saturated rings. The normalized spacial score (nSPS) is 14.1. The van der Waals surface area contributed by atoms with Gasteiger partial charge in [-0.3, -0.25) is 14.3 Å². The van der Waals surface area contributed by atoms with Gasteiger partial charge in [0.1, 0.15) is 5.82 Å². The summed E-state index contributed by atoms with van der Waals surface area (Å²) < 4.78 is 14.7. The van der Waals surface area contributed by atoms with E-state index in [2.05, 4.69) is 5.10 Å². The van der Waals surface area contributed by atoms with Gasteiger partial charge in [0.25, 0.3) is 11.7 Å². The highest BCUT2D eigenvalue weighted by Gasteiger charge is 2.36. The quantitative estimate of drug-likeness (QED) is 0.764. The lowest BCUT2D eigenvalue weighted by Gasteiger charge is -2.15. The molecule has 96 valence electrons. The van der Waals surface area contributed by atoms with E-state index in [1.54, 1.807) is 24.1 Å². The number of carbonyl (C=O) groups is 2. The minimum atomic E-state index is -0.668. The number of rotatable bonds is 2. The van der Waals surface area contributed by atoms with Crippen LogP contribution in [0.3, 0.4) is 0 Å². The van der Waals surface area contributed by atoms with Gasteiger partial charge in [0.05, 0.1) is 24.0 Å². The van der Waals surface area contributed by atoms with Crippen LogP contribution < -0.4 is 4.90 Å². The predicted molar refractivity (Wildman–Crippen MR) is 65.1 cm³/mol. The van der Waals surface area contributed by atoms with E-state index in [1.807, 2.05) is 0 Å². The van der Waals surface area contributed by atoms with Crippen LogP contribution in [-0.4, -0.2) is 21.5 Å². The van der Waals surface area contributed by atoms with E-state index in [4.69, 9.17) is 0 Å². The number of anilines is 1. The van der Waals surface area contributed by atoms with Crippen LogP contribution >= 0.6 is 0 Å². The number of carbonyl (C=O) groups excluding carboxylic acids is 2. The van der Waals surface area contributed by atoms with Crippen molar-refractivity contribution >= 4 is 17.4 Å². The molecule has 0 radical (unpaired) electrons. The largest absolute Gasteiger partial charge is 0.300 e.